The number of sulfonamides is 1. The van der Waals surface area contributed by atoms with Gasteiger partial charge in [-0.15, -0.1) is 0 Å². The fourth-order valence-electron chi connectivity index (χ4n) is 2.75. The van der Waals surface area contributed by atoms with E-state index in [1.807, 2.05) is 45.0 Å². The van der Waals surface area contributed by atoms with Crippen molar-refractivity contribution in [3.05, 3.63) is 89.0 Å². The van der Waals surface area contributed by atoms with Gasteiger partial charge in [0.2, 0.25) is 0 Å². The number of hydrogen-bond acceptors (Lipinski definition) is 3. The van der Waals surface area contributed by atoms with Crippen LogP contribution in [0.3, 0.4) is 0 Å². The zero-order chi connectivity index (χ0) is 20.3. The lowest BCUT2D eigenvalue weighted by molar-refractivity contribution is 0.102. The molecule has 0 radical (unpaired) electrons. The molecule has 0 saturated carbocycles. The number of rotatable bonds is 5. The molecule has 0 aromatic heterocycles. The minimum atomic E-state index is -3.81. The van der Waals surface area contributed by atoms with Gasteiger partial charge >= 0.3 is 0 Å². The van der Waals surface area contributed by atoms with E-state index in [-0.39, 0.29) is 16.4 Å². The van der Waals surface area contributed by atoms with Crippen molar-refractivity contribution in [2.45, 2.75) is 25.7 Å². The molecule has 144 valence electrons. The van der Waals surface area contributed by atoms with E-state index in [9.17, 15) is 13.2 Å². The van der Waals surface area contributed by atoms with Crippen molar-refractivity contribution in [2.24, 2.45) is 0 Å². The van der Waals surface area contributed by atoms with Gasteiger partial charge in [-0.25, -0.2) is 8.42 Å². The highest BCUT2D eigenvalue weighted by atomic mass is 32.2. The second-order valence-electron chi connectivity index (χ2n) is 6.76. The van der Waals surface area contributed by atoms with Crippen LogP contribution in [-0.4, -0.2) is 14.3 Å². The maximum atomic E-state index is 12.7. The predicted octanol–water partition coefficient (Wildman–Crippen LogP) is 4.66. The Kier molecular flexibility index (Phi) is 5.51. The summed E-state index contributed by atoms with van der Waals surface area (Å²) in [6.45, 7) is 5.81. The number of carbonyl (C=O) groups is 1. The molecule has 0 aliphatic heterocycles. The summed E-state index contributed by atoms with van der Waals surface area (Å²) in [6, 6.07) is 18.7. The first kappa shape index (κ1) is 19.6. The monoisotopic (exact) mass is 394 g/mol. The highest BCUT2D eigenvalue weighted by Gasteiger charge is 2.17. The molecular formula is C22H22N2O3S. The fraction of sp³-hybridized carbons (Fsp3) is 0.136. The molecule has 0 atom stereocenters. The molecule has 0 aliphatic carbocycles. The normalized spacial score (nSPS) is 11.1. The second kappa shape index (κ2) is 7.86. The maximum Gasteiger partial charge on any atom is 0.261 e. The Balaban J connectivity index is 1.83. The van der Waals surface area contributed by atoms with Gasteiger partial charge in [0.15, 0.2) is 0 Å². The summed E-state index contributed by atoms with van der Waals surface area (Å²) in [5.41, 5.74) is 4.50. The van der Waals surface area contributed by atoms with Crippen LogP contribution in [-0.2, 0) is 10.0 Å². The lowest BCUT2D eigenvalue weighted by atomic mass is 10.1. The summed E-state index contributed by atoms with van der Waals surface area (Å²) in [7, 11) is -3.81. The molecule has 5 nitrogen and oxygen atoms in total. The number of hydrogen-bond donors (Lipinski definition) is 2. The van der Waals surface area contributed by atoms with Gasteiger partial charge in [-0.3, -0.25) is 9.52 Å². The molecule has 2 N–H and O–H groups in total. The van der Waals surface area contributed by atoms with E-state index in [4.69, 9.17) is 0 Å². The van der Waals surface area contributed by atoms with Crippen LogP contribution in [0.4, 0.5) is 11.4 Å². The highest BCUT2D eigenvalue weighted by Crippen LogP contribution is 2.20. The van der Waals surface area contributed by atoms with Gasteiger partial charge in [-0.05, 0) is 79.9 Å². The van der Waals surface area contributed by atoms with Gasteiger partial charge in [0.1, 0.15) is 0 Å². The molecule has 0 aliphatic rings. The third kappa shape index (κ3) is 4.58. The highest BCUT2D eigenvalue weighted by molar-refractivity contribution is 7.92. The van der Waals surface area contributed by atoms with E-state index in [0.717, 1.165) is 16.7 Å². The lowest BCUT2D eigenvalue weighted by Crippen LogP contribution is -2.16. The second-order valence-corrected chi connectivity index (χ2v) is 8.44. The van der Waals surface area contributed by atoms with Crippen LogP contribution in [0.2, 0.25) is 0 Å². The Bertz CT molecular complexity index is 1140. The van der Waals surface area contributed by atoms with E-state index >= 15 is 0 Å². The van der Waals surface area contributed by atoms with Crippen LogP contribution >= 0.6 is 0 Å². The fourth-order valence-corrected chi connectivity index (χ4v) is 3.84. The van der Waals surface area contributed by atoms with E-state index in [1.54, 1.807) is 30.3 Å². The molecule has 0 unspecified atom stereocenters. The van der Waals surface area contributed by atoms with Crippen molar-refractivity contribution in [3.8, 4) is 0 Å². The smallest absolute Gasteiger partial charge is 0.261 e. The molecule has 3 aromatic carbocycles. The minimum absolute atomic E-state index is 0.0302. The van der Waals surface area contributed by atoms with Crippen LogP contribution in [0.1, 0.15) is 27.0 Å². The van der Waals surface area contributed by atoms with Crippen molar-refractivity contribution in [2.75, 3.05) is 10.0 Å². The third-order valence-corrected chi connectivity index (χ3v) is 5.82. The van der Waals surface area contributed by atoms with Gasteiger partial charge in [0.25, 0.3) is 15.9 Å². The van der Waals surface area contributed by atoms with Crippen LogP contribution in [0.5, 0.6) is 0 Å². The Labute approximate surface area is 165 Å². The van der Waals surface area contributed by atoms with Gasteiger partial charge < -0.3 is 5.32 Å². The van der Waals surface area contributed by atoms with E-state index in [1.165, 1.54) is 12.1 Å². The molecule has 0 saturated heterocycles. The van der Waals surface area contributed by atoms with E-state index < -0.39 is 10.0 Å². The topological polar surface area (TPSA) is 75.3 Å². The summed E-state index contributed by atoms with van der Waals surface area (Å²) in [6.07, 6.45) is 0. The summed E-state index contributed by atoms with van der Waals surface area (Å²) < 4.78 is 28.0. The first-order valence-electron chi connectivity index (χ1n) is 8.83. The first-order valence-corrected chi connectivity index (χ1v) is 10.3. The molecule has 28 heavy (non-hydrogen) atoms. The van der Waals surface area contributed by atoms with E-state index in [2.05, 4.69) is 10.0 Å². The zero-order valence-electron chi connectivity index (χ0n) is 16.0. The van der Waals surface area contributed by atoms with Crippen molar-refractivity contribution >= 4 is 27.3 Å². The number of nitrogens with one attached hydrogen (secondary N) is 2. The lowest BCUT2D eigenvalue weighted by Gasteiger charge is -2.11. The van der Waals surface area contributed by atoms with Crippen molar-refractivity contribution in [3.63, 3.8) is 0 Å². The van der Waals surface area contributed by atoms with Gasteiger partial charge in [-0.2, -0.15) is 0 Å². The number of carbonyl (C=O) groups excluding carboxylic acids is 1. The Morgan fingerprint density at radius 3 is 2.25 bits per heavy atom. The van der Waals surface area contributed by atoms with Crippen LogP contribution < -0.4 is 10.0 Å². The molecule has 3 aromatic rings. The van der Waals surface area contributed by atoms with Gasteiger partial charge in [0, 0.05) is 16.9 Å². The number of amides is 1. The SMILES string of the molecule is Cc1cccc(NC(=O)c2cccc(S(=O)(=O)Nc3ccc(C)c(C)c3)c2)c1. The number of benzene rings is 3. The van der Waals surface area contributed by atoms with Crippen molar-refractivity contribution < 1.29 is 13.2 Å². The number of aryl methyl sites for hydroxylation is 3. The summed E-state index contributed by atoms with van der Waals surface area (Å²) >= 11 is 0. The van der Waals surface area contributed by atoms with Crippen LogP contribution in [0.15, 0.2) is 71.6 Å². The zero-order valence-corrected chi connectivity index (χ0v) is 16.8. The molecule has 0 spiro atoms. The van der Waals surface area contributed by atoms with Gasteiger partial charge in [0.05, 0.1) is 4.90 Å². The van der Waals surface area contributed by atoms with Crippen LogP contribution in [0, 0.1) is 20.8 Å². The third-order valence-electron chi connectivity index (χ3n) is 4.44. The largest absolute Gasteiger partial charge is 0.322 e. The molecule has 1 amide bonds. The van der Waals surface area contributed by atoms with Gasteiger partial charge in [-0.1, -0.05) is 24.3 Å². The number of anilines is 2. The van der Waals surface area contributed by atoms with E-state index in [0.29, 0.717) is 11.4 Å². The summed E-state index contributed by atoms with van der Waals surface area (Å²) in [4.78, 5) is 12.5. The quantitative estimate of drug-likeness (QED) is 0.661. The molecule has 0 fully saturated rings. The Hall–Kier alpha value is -3.12. The molecule has 6 heteroatoms. The summed E-state index contributed by atoms with van der Waals surface area (Å²) in [5, 5.41) is 2.79. The van der Waals surface area contributed by atoms with Crippen molar-refractivity contribution in [1.29, 1.82) is 0 Å². The van der Waals surface area contributed by atoms with Crippen LogP contribution in [0.25, 0.3) is 0 Å². The predicted molar refractivity (Wildman–Crippen MR) is 112 cm³/mol. The standard InChI is InChI=1S/C22H22N2O3S/c1-15-6-4-8-19(12-15)23-22(25)18-7-5-9-21(14-18)28(26,27)24-20-11-10-16(2)17(3)13-20/h4-14,24H,1-3H3,(H,23,25). The Morgan fingerprint density at radius 2 is 1.54 bits per heavy atom. The molecule has 0 heterocycles. The van der Waals surface area contributed by atoms with Crippen molar-refractivity contribution in [1.82, 2.24) is 0 Å². The molecule has 3 rings (SSSR count). The summed E-state index contributed by atoms with van der Waals surface area (Å²) in [5.74, 6) is -0.367. The minimum Gasteiger partial charge on any atom is -0.322 e. The average molecular weight is 394 g/mol. The average Bonchev–Trinajstić information content (AvgIpc) is 2.65. The first-order chi connectivity index (χ1) is 13.2. The molecular weight excluding hydrogens is 372 g/mol. The Morgan fingerprint density at radius 1 is 0.786 bits per heavy atom. The molecule has 0 bridgehead atoms. The maximum absolute atomic E-state index is 12.7.